The van der Waals surface area contributed by atoms with E-state index in [1.807, 2.05) is 30.4 Å². The van der Waals surface area contributed by atoms with Crippen LogP contribution in [-0.4, -0.2) is 56.6 Å². The van der Waals surface area contributed by atoms with Crippen molar-refractivity contribution >= 4 is 53.2 Å². The first-order valence-corrected chi connectivity index (χ1v) is 21.5. The molecule has 0 saturated heterocycles. The molecule has 54 heavy (non-hydrogen) atoms. The maximum absolute atomic E-state index is 11.3. The van der Waals surface area contributed by atoms with Crippen molar-refractivity contribution in [3.05, 3.63) is 132 Å². The first-order valence-electron chi connectivity index (χ1n) is 18.4. The number of hydrogen-bond donors (Lipinski definition) is 1. The van der Waals surface area contributed by atoms with Gasteiger partial charge in [0.05, 0.1) is 38.2 Å². The number of hydrogen-bond acceptors (Lipinski definition) is 7. The summed E-state index contributed by atoms with van der Waals surface area (Å²) in [6, 6.07) is 25.4. The quantitative estimate of drug-likeness (QED) is 0.0884. The minimum atomic E-state index is -4.25. The Bertz CT molecular complexity index is 2350. The number of unbranched alkanes of at least 4 members (excludes halogenated alkanes) is 2. The predicted molar refractivity (Wildman–Crippen MR) is 214 cm³/mol. The maximum atomic E-state index is 11.3. The molecule has 0 radical (unpaired) electrons. The molecular weight excluding hydrogens is 728 g/mol. The van der Waals surface area contributed by atoms with Gasteiger partial charge in [-0.05, 0) is 84.8 Å². The fourth-order valence-electron chi connectivity index (χ4n) is 8.55. The van der Waals surface area contributed by atoms with Crippen molar-refractivity contribution in [2.24, 2.45) is 0 Å². The van der Waals surface area contributed by atoms with Crippen molar-refractivity contribution in [3.8, 4) is 0 Å². The van der Waals surface area contributed by atoms with E-state index in [9.17, 15) is 25.9 Å². The second kappa shape index (κ2) is 17.0. The van der Waals surface area contributed by atoms with Gasteiger partial charge < -0.3 is 14.0 Å². The van der Waals surface area contributed by atoms with Crippen LogP contribution in [0.4, 0.5) is 11.4 Å². The predicted octanol–water partition coefficient (Wildman–Crippen LogP) is 4.17. The van der Waals surface area contributed by atoms with Crippen LogP contribution in [0.1, 0.15) is 64.5 Å². The van der Waals surface area contributed by atoms with Crippen LogP contribution >= 0.6 is 0 Å². The number of fused-ring (bicyclic) bond motifs is 6. The molecule has 0 saturated carbocycles. The van der Waals surface area contributed by atoms with Crippen molar-refractivity contribution in [3.63, 3.8) is 0 Å². The Labute approximate surface area is 343 Å². The minimum Gasteiger partial charge on any atom is -0.748 e. The Morgan fingerprint density at radius 2 is 1.24 bits per heavy atom. The molecule has 0 fully saturated rings. The molecule has 8 nitrogen and oxygen atoms in total. The van der Waals surface area contributed by atoms with Crippen molar-refractivity contribution in [1.29, 1.82) is 0 Å². The summed E-state index contributed by atoms with van der Waals surface area (Å²) in [4.78, 5) is 3.54. The number of anilines is 1. The van der Waals surface area contributed by atoms with Gasteiger partial charge in [-0.25, -0.2) is 16.8 Å². The average Bonchev–Trinajstić information content (AvgIpc) is 3.45. The molecule has 6 rings (SSSR count). The second-order valence-corrected chi connectivity index (χ2v) is 18.3. The molecule has 2 unspecified atom stereocenters. The van der Waals surface area contributed by atoms with Crippen LogP contribution in [0.5, 0.6) is 0 Å². The summed E-state index contributed by atoms with van der Waals surface area (Å²) in [5.74, 6) is -0.707. The van der Waals surface area contributed by atoms with Crippen LogP contribution in [0.15, 0.2) is 121 Å². The second-order valence-electron chi connectivity index (χ2n) is 15.3. The standard InChI is InChI=1S/C43H50N2O6S2.Na/c1-42(2)38(44(28-14-16-30-52(46,47)48)36-26-24-32-18-10-12-20-34(32)40(36)42)22-8-6-5-7-9-23-39-43(3,4)41-35-21-13-11-19-33(35)25-27-37(41)45(39)29-15-17-31-53(49,50)51;/h5-13,18-27,38H,14-17,28-31H2,1-4H3,(H,46,47,48)(H,49,50,51);/q;+1/p-1. The van der Waals surface area contributed by atoms with Crippen molar-refractivity contribution in [1.82, 2.24) is 0 Å². The van der Waals surface area contributed by atoms with E-state index in [-0.39, 0.29) is 57.9 Å². The normalized spacial score (nSPS) is 20.1. The third-order valence-electron chi connectivity index (χ3n) is 10.9. The van der Waals surface area contributed by atoms with Gasteiger partial charge in [-0.1, -0.05) is 105 Å². The summed E-state index contributed by atoms with van der Waals surface area (Å²) in [5.41, 5.74) is 5.54. The molecule has 2 aliphatic rings. The Hall–Kier alpha value is -3.06. The number of quaternary nitrogens is 1. The van der Waals surface area contributed by atoms with E-state index in [1.54, 1.807) is 0 Å². The molecule has 0 amide bonds. The van der Waals surface area contributed by atoms with E-state index < -0.39 is 20.2 Å². The van der Waals surface area contributed by atoms with E-state index in [4.69, 9.17) is 0 Å². The van der Waals surface area contributed by atoms with Gasteiger partial charge in [0.2, 0.25) is 0 Å². The van der Waals surface area contributed by atoms with E-state index >= 15 is 0 Å². The Morgan fingerprint density at radius 1 is 0.685 bits per heavy atom. The third kappa shape index (κ3) is 9.14. The maximum Gasteiger partial charge on any atom is 1.00 e. The van der Waals surface area contributed by atoms with Gasteiger partial charge >= 0.3 is 29.6 Å². The van der Waals surface area contributed by atoms with Gasteiger partial charge in [0.15, 0.2) is 0 Å². The first-order chi connectivity index (χ1) is 25.1. The summed E-state index contributed by atoms with van der Waals surface area (Å²) in [5, 5.41) is 4.78. The zero-order valence-electron chi connectivity index (χ0n) is 31.9. The summed E-state index contributed by atoms with van der Waals surface area (Å²) >= 11 is 0. The average molecular weight is 777 g/mol. The molecule has 0 aliphatic carbocycles. The molecule has 2 aliphatic heterocycles. The Balaban J connectivity index is 0.00000561. The molecule has 2 heterocycles. The van der Waals surface area contributed by atoms with E-state index in [1.165, 1.54) is 49.0 Å². The fraction of sp³-hybridized carbons (Fsp3) is 0.349. The zero-order chi connectivity index (χ0) is 38.0. The van der Waals surface area contributed by atoms with E-state index in [0.717, 1.165) is 5.69 Å². The van der Waals surface area contributed by atoms with Crippen molar-refractivity contribution in [2.75, 3.05) is 29.5 Å². The Kier molecular flexibility index (Phi) is 13.2. The van der Waals surface area contributed by atoms with Gasteiger partial charge in [0.25, 0.3) is 0 Å². The van der Waals surface area contributed by atoms with Gasteiger partial charge in [-0.15, -0.1) is 0 Å². The van der Waals surface area contributed by atoms with Gasteiger partial charge in [0.1, 0.15) is 11.4 Å². The molecule has 2 atom stereocenters. The van der Waals surface area contributed by atoms with Gasteiger partial charge in [-0.3, -0.25) is 4.90 Å². The molecule has 0 spiro atoms. The first kappa shape index (κ1) is 42.1. The largest absolute Gasteiger partial charge is 1.00 e. The monoisotopic (exact) mass is 776 g/mol. The van der Waals surface area contributed by atoms with E-state index in [2.05, 4.69) is 118 Å². The molecule has 1 N–H and O–H groups in total. The smallest absolute Gasteiger partial charge is 0.748 e. The fourth-order valence-corrected chi connectivity index (χ4v) is 9.67. The molecule has 0 bridgehead atoms. The van der Waals surface area contributed by atoms with Crippen molar-refractivity contribution in [2.45, 2.75) is 70.3 Å². The van der Waals surface area contributed by atoms with Crippen LogP contribution in [0, 0.1) is 0 Å². The van der Waals surface area contributed by atoms with Gasteiger partial charge in [-0.2, -0.15) is 0 Å². The number of benzene rings is 4. The molecule has 4 aromatic rings. The SMILES string of the molecule is CC1(C)C(=CC=CC=CC=CC2N(CCCCS(=O)(=O)[O-])c3ccc4ccccc4c3C2(C)C)[NH+](CCCCS(=O)(=O)[O-])c2ccc3ccccc3c21.[Na+]. The van der Waals surface area contributed by atoms with Crippen LogP contribution in [0.3, 0.4) is 0 Å². The third-order valence-corrected chi connectivity index (χ3v) is 12.5. The molecule has 280 valence electrons. The van der Waals surface area contributed by atoms with E-state index in [0.29, 0.717) is 38.8 Å². The topological polar surface area (TPSA) is 122 Å². The zero-order valence-corrected chi connectivity index (χ0v) is 35.6. The summed E-state index contributed by atoms with van der Waals surface area (Å²) in [7, 11) is -8.50. The molecule has 4 aromatic carbocycles. The Morgan fingerprint density at radius 3 is 1.89 bits per heavy atom. The van der Waals surface area contributed by atoms with Gasteiger partial charge in [0, 0.05) is 40.8 Å². The summed E-state index contributed by atoms with van der Waals surface area (Å²) in [6.07, 6.45) is 16.4. The number of nitrogens with one attached hydrogen (secondary N) is 1. The van der Waals surface area contributed by atoms with Crippen LogP contribution in [0.2, 0.25) is 0 Å². The number of allylic oxidation sites excluding steroid dienone is 7. The molecular formula is C43H49N2NaO6S2. The molecule has 11 heteroatoms. The minimum absolute atomic E-state index is 0. The summed E-state index contributed by atoms with van der Waals surface area (Å²) in [6.45, 7) is 10.3. The summed E-state index contributed by atoms with van der Waals surface area (Å²) < 4.78 is 67.6. The molecule has 0 aromatic heterocycles. The van der Waals surface area contributed by atoms with Crippen molar-refractivity contribution < 1.29 is 60.4 Å². The van der Waals surface area contributed by atoms with Crippen LogP contribution in [0.25, 0.3) is 21.5 Å². The number of nitrogens with zero attached hydrogens (tertiary/aromatic N) is 1. The van der Waals surface area contributed by atoms with Crippen LogP contribution < -0.4 is 39.4 Å². The number of rotatable bonds is 14. The van der Waals surface area contributed by atoms with Crippen LogP contribution in [-0.2, 0) is 31.1 Å².